The van der Waals surface area contributed by atoms with Crippen LogP contribution in [0.25, 0.3) is 0 Å². The second-order valence-corrected chi connectivity index (χ2v) is 4.81. The highest BCUT2D eigenvalue weighted by Gasteiger charge is 2.18. The lowest BCUT2D eigenvalue weighted by atomic mass is 10.0. The van der Waals surface area contributed by atoms with Gasteiger partial charge in [-0.05, 0) is 39.7 Å². The zero-order valence-corrected chi connectivity index (χ0v) is 12.6. The monoisotopic (exact) mass is 262 g/mol. The summed E-state index contributed by atoms with van der Waals surface area (Å²) in [6, 6.07) is 0. The minimum atomic E-state index is -0.0310. The second-order valence-electron chi connectivity index (χ2n) is 4.81. The Balaban J connectivity index is 3.97. The van der Waals surface area contributed by atoms with Crippen LogP contribution in [0.15, 0.2) is 0 Å². The van der Waals surface area contributed by atoms with Gasteiger partial charge in [0.25, 0.3) is 0 Å². The van der Waals surface area contributed by atoms with Gasteiger partial charge in [0.1, 0.15) is 6.23 Å². The second kappa shape index (κ2) is 10.7. The molecule has 0 radical (unpaired) electrons. The number of hydrogen-bond donors (Lipinski definition) is 3. The first-order valence-corrected chi connectivity index (χ1v) is 6.60. The van der Waals surface area contributed by atoms with Crippen molar-refractivity contribution in [1.82, 2.24) is 21.4 Å². The van der Waals surface area contributed by atoms with Gasteiger partial charge in [0.05, 0.1) is 6.10 Å². The quantitative estimate of drug-likeness (QED) is 0.379. The van der Waals surface area contributed by atoms with E-state index >= 15 is 0 Å². The highest BCUT2D eigenvalue weighted by atomic mass is 16.7. The Morgan fingerprint density at radius 1 is 1.17 bits per heavy atom. The van der Waals surface area contributed by atoms with Crippen LogP contribution in [0.2, 0.25) is 0 Å². The molecule has 110 valence electrons. The maximum absolute atomic E-state index is 5.56. The molecule has 18 heavy (non-hydrogen) atoms. The molecule has 0 aromatic heterocycles. The third-order valence-electron chi connectivity index (χ3n) is 2.75. The lowest BCUT2D eigenvalue weighted by molar-refractivity contribution is -0.138. The molecule has 0 rings (SSSR count). The summed E-state index contributed by atoms with van der Waals surface area (Å²) < 4.78 is 5.56. The van der Waals surface area contributed by atoms with Crippen LogP contribution in [0.5, 0.6) is 0 Å². The SMILES string of the molecule is CNNOC(CC(C)CCOC(C)C)N(C)NC. The van der Waals surface area contributed by atoms with Gasteiger partial charge in [-0.1, -0.05) is 6.92 Å². The number of hydrazine groups is 2. The lowest BCUT2D eigenvalue weighted by Crippen LogP contribution is -2.47. The molecule has 0 fully saturated rings. The van der Waals surface area contributed by atoms with Crippen molar-refractivity contribution in [3.05, 3.63) is 0 Å². The van der Waals surface area contributed by atoms with Gasteiger partial charge in [-0.2, -0.15) is 0 Å². The summed E-state index contributed by atoms with van der Waals surface area (Å²) in [6.07, 6.45) is 2.23. The molecular formula is C12H30N4O2. The van der Waals surface area contributed by atoms with Crippen molar-refractivity contribution in [2.75, 3.05) is 27.7 Å². The van der Waals surface area contributed by atoms with Crippen LogP contribution in [0, 0.1) is 5.92 Å². The van der Waals surface area contributed by atoms with E-state index in [1.165, 1.54) is 0 Å². The average molecular weight is 262 g/mol. The fraction of sp³-hybridized carbons (Fsp3) is 1.00. The van der Waals surface area contributed by atoms with E-state index < -0.39 is 0 Å². The molecular weight excluding hydrogens is 232 g/mol. The normalized spacial score (nSPS) is 15.3. The van der Waals surface area contributed by atoms with Gasteiger partial charge in [-0.25, -0.2) is 10.4 Å². The summed E-state index contributed by atoms with van der Waals surface area (Å²) in [6.45, 7) is 7.13. The highest BCUT2D eigenvalue weighted by Crippen LogP contribution is 2.14. The lowest BCUT2D eigenvalue weighted by Gasteiger charge is -2.28. The molecule has 0 aromatic rings. The predicted molar refractivity (Wildman–Crippen MR) is 73.4 cm³/mol. The van der Waals surface area contributed by atoms with Gasteiger partial charge in [0, 0.05) is 20.7 Å². The van der Waals surface area contributed by atoms with Crippen molar-refractivity contribution in [3.8, 4) is 0 Å². The smallest absolute Gasteiger partial charge is 0.145 e. The average Bonchev–Trinajstić information content (AvgIpc) is 2.32. The largest absolute Gasteiger partial charge is 0.379 e. The number of rotatable bonds is 11. The molecule has 0 aliphatic carbocycles. The first kappa shape index (κ1) is 17.8. The van der Waals surface area contributed by atoms with Crippen LogP contribution in [0.4, 0.5) is 0 Å². The van der Waals surface area contributed by atoms with E-state index in [2.05, 4.69) is 37.2 Å². The molecule has 0 heterocycles. The van der Waals surface area contributed by atoms with Crippen molar-refractivity contribution >= 4 is 0 Å². The first-order valence-electron chi connectivity index (χ1n) is 6.60. The summed E-state index contributed by atoms with van der Waals surface area (Å²) in [5.41, 5.74) is 8.50. The molecule has 0 amide bonds. The van der Waals surface area contributed by atoms with E-state index in [9.17, 15) is 0 Å². The molecule has 6 nitrogen and oxygen atoms in total. The van der Waals surface area contributed by atoms with Crippen molar-refractivity contribution < 1.29 is 9.57 Å². The van der Waals surface area contributed by atoms with Gasteiger partial charge >= 0.3 is 0 Å². The third kappa shape index (κ3) is 8.79. The summed E-state index contributed by atoms with van der Waals surface area (Å²) >= 11 is 0. The van der Waals surface area contributed by atoms with Crippen molar-refractivity contribution in [2.24, 2.45) is 5.92 Å². The van der Waals surface area contributed by atoms with E-state index in [1.807, 2.05) is 19.1 Å². The zero-order chi connectivity index (χ0) is 14.0. The maximum atomic E-state index is 5.56. The van der Waals surface area contributed by atoms with Crippen molar-refractivity contribution in [2.45, 2.75) is 45.9 Å². The summed E-state index contributed by atoms with van der Waals surface area (Å²) in [5, 5.41) is 1.93. The summed E-state index contributed by atoms with van der Waals surface area (Å²) in [7, 11) is 5.61. The number of nitrogens with zero attached hydrogens (tertiary/aromatic N) is 1. The van der Waals surface area contributed by atoms with Crippen LogP contribution < -0.4 is 16.4 Å². The molecule has 0 aromatic carbocycles. The predicted octanol–water partition coefficient (Wildman–Crippen LogP) is 0.876. The molecule has 6 heteroatoms. The van der Waals surface area contributed by atoms with Crippen molar-refractivity contribution in [1.29, 1.82) is 0 Å². The van der Waals surface area contributed by atoms with E-state index in [0.717, 1.165) is 19.4 Å². The first-order chi connectivity index (χ1) is 8.51. The molecule has 0 aliphatic rings. The Bertz CT molecular complexity index is 193. The Kier molecular flexibility index (Phi) is 10.5. The molecule has 0 bridgehead atoms. The van der Waals surface area contributed by atoms with Gasteiger partial charge in [0.15, 0.2) is 0 Å². The Morgan fingerprint density at radius 3 is 2.33 bits per heavy atom. The van der Waals surface area contributed by atoms with Crippen molar-refractivity contribution in [3.63, 3.8) is 0 Å². The molecule has 0 aliphatic heterocycles. The van der Waals surface area contributed by atoms with E-state index in [-0.39, 0.29) is 6.23 Å². The Labute approximate surface area is 111 Å². The van der Waals surface area contributed by atoms with Gasteiger partial charge < -0.3 is 4.74 Å². The molecule has 3 N–H and O–H groups in total. The van der Waals surface area contributed by atoms with Gasteiger partial charge in [0.2, 0.25) is 0 Å². The third-order valence-corrected chi connectivity index (χ3v) is 2.75. The fourth-order valence-electron chi connectivity index (χ4n) is 1.52. The van der Waals surface area contributed by atoms with E-state index in [0.29, 0.717) is 12.0 Å². The van der Waals surface area contributed by atoms with E-state index in [4.69, 9.17) is 9.57 Å². The van der Waals surface area contributed by atoms with Gasteiger partial charge in [-0.15, -0.1) is 5.59 Å². The molecule has 2 unspecified atom stereocenters. The topological polar surface area (TPSA) is 57.8 Å². The Morgan fingerprint density at radius 2 is 1.83 bits per heavy atom. The van der Waals surface area contributed by atoms with Crippen LogP contribution in [0.1, 0.15) is 33.6 Å². The van der Waals surface area contributed by atoms with Crippen LogP contribution >= 0.6 is 0 Å². The number of nitrogens with one attached hydrogen (secondary N) is 3. The molecule has 0 spiro atoms. The van der Waals surface area contributed by atoms with Gasteiger partial charge in [-0.3, -0.25) is 10.3 Å². The van der Waals surface area contributed by atoms with Crippen LogP contribution in [-0.2, 0) is 9.57 Å². The minimum absolute atomic E-state index is 0.0310. The number of ether oxygens (including phenoxy) is 1. The summed E-state index contributed by atoms with van der Waals surface area (Å²) in [5.74, 6) is 0.531. The van der Waals surface area contributed by atoms with E-state index in [1.54, 1.807) is 7.05 Å². The van der Waals surface area contributed by atoms with Crippen LogP contribution in [-0.4, -0.2) is 45.1 Å². The Hall–Kier alpha value is -0.240. The summed E-state index contributed by atoms with van der Waals surface area (Å²) in [4.78, 5) is 5.50. The zero-order valence-electron chi connectivity index (χ0n) is 12.6. The highest BCUT2D eigenvalue weighted by molar-refractivity contribution is 4.61. The number of hydrogen-bond acceptors (Lipinski definition) is 6. The maximum Gasteiger partial charge on any atom is 0.145 e. The molecule has 0 saturated heterocycles. The molecule has 0 saturated carbocycles. The van der Waals surface area contributed by atoms with Crippen LogP contribution in [0.3, 0.4) is 0 Å². The molecule has 2 atom stereocenters. The standard InChI is InChI=1S/C12H30N4O2/c1-10(2)17-8-7-11(3)9-12(16(6)14-5)18-15-13-4/h10-15H,7-9H2,1-6H3. The fourth-order valence-corrected chi connectivity index (χ4v) is 1.52. The minimum Gasteiger partial charge on any atom is -0.379 e.